The van der Waals surface area contributed by atoms with Crippen molar-refractivity contribution in [3.8, 4) is 0 Å². The molecule has 0 spiro atoms. The summed E-state index contributed by atoms with van der Waals surface area (Å²) < 4.78 is 1.44. The second-order valence-electron chi connectivity index (χ2n) is 5.96. The summed E-state index contributed by atoms with van der Waals surface area (Å²) in [5.41, 5.74) is 5.55. The van der Waals surface area contributed by atoms with Gasteiger partial charge in [-0.25, -0.2) is 4.79 Å². The number of hydrogen-bond acceptors (Lipinski definition) is 5. The number of nitrogens with one attached hydrogen (secondary N) is 2. The molecule has 3 rings (SSSR count). The van der Waals surface area contributed by atoms with Crippen LogP contribution in [0.25, 0.3) is 0 Å². The molecule has 2 aliphatic heterocycles. The molecule has 0 bridgehead atoms. The fourth-order valence-corrected chi connectivity index (χ4v) is 3.61. The van der Waals surface area contributed by atoms with Crippen LogP contribution < -0.4 is 22.3 Å². The Morgan fingerprint density at radius 3 is 2.90 bits per heavy atom. The minimum absolute atomic E-state index is 0.239. The van der Waals surface area contributed by atoms with E-state index in [1.807, 2.05) is 6.92 Å². The zero-order valence-electron chi connectivity index (χ0n) is 12.4. The number of aromatic amines is 1. The zero-order chi connectivity index (χ0) is 15.0. The topological polar surface area (TPSA) is 96.2 Å². The second-order valence-corrected chi connectivity index (χ2v) is 5.96. The van der Waals surface area contributed by atoms with Crippen LogP contribution in [0.3, 0.4) is 0 Å². The molecule has 2 unspecified atom stereocenters. The van der Waals surface area contributed by atoms with Crippen molar-refractivity contribution in [2.45, 2.75) is 51.2 Å². The van der Waals surface area contributed by atoms with Gasteiger partial charge in [0.15, 0.2) is 0 Å². The van der Waals surface area contributed by atoms with Crippen LogP contribution in [0.5, 0.6) is 0 Å². The molecule has 0 saturated carbocycles. The number of rotatable bonds is 4. The lowest BCUT2D eigenvalue weighted by atomic mass is 10.1. The van der Waals surface area contributed by atoms with Crippen LogP contribution >= 0.6 is 0 Å². The van der Waals surface area contributed by atoms with Crippen molar-refractivity contribution in [1.29, 1.82) is 0 Å². The smallest absolute Gasteiger partial charge is 0.330 e. The average Bonchev–Trinajstić information content (AvgIpc) is 3.03. The lowest BCUT2D eigenvalue weighted by molar-refractivity contribution is 0.318. The third kappa shape index (κ3) is 2.46. The van der Waals surface area contributed by atoms with Gasteiger partial charge in [0.05, 0.1) is 0 Å². The summed E-state index contributed by atoms with van der Waals surface area (Å²) in [5.74, 6) is 0.252. The molecule has 4 N–H and O–H groups in total. The molecule has 7 nitrogen and oxygen atoms in total. The summed E-state index contributed by atoms with van der Waals surface area (Å²) in [7, 11) is 0. The summed E-state index contributed by atoms with van der Waals surface area (Å²) in [6.07, 6.45) is 4.17. The van der Waals surface area contributed by atoms with Gasteiger partial charge in [0.25, 0.3) is 5.56 Å². The summed E-state index contributed by atoms with van der Waals surface area (Å²) in [5, 5.41) is 3.30. The Hall–Kier alpha value is -1.76. The van der Waals surface area contributed by atoms with E-state index in [-0.39, 0.29) is 11.9 Å². The van der Waals surface area contributed by atoms with Gasteiger partial charge in [-0.1, -0.05) is 6.92 Å². The van der Waals surface area contributed by atoms with Crippen molar-refractivity contribution in [2.75, 3.05) is 24.1 Å². The van der Waals surface area contributed by atoms with Gasteiger partial charge in [-0.3, -0.25) is 19.2 Å². The molecule has 116 valence electrons. The molecule has 2 fully saturated rings. The lowest BCUT2D eigenvalue weighted by Gasteiger charge is -2.23. The number of hydrogen-bond donors (Lipinski definition) is 3. The molecule has 2 aliphatic rings. The summed E-state index contributed by atoms with van der Waals surface area (Å²) >= 11 is 0. The standard InChI is InChI=1S/C14H23N5O2/c1-2-6-19-12(15)11(13(20)17-14(19)21)16-9-5-8-18-7-3-4-10(9)18/h9-10,16H,2-8,15H2,1H3,(H,17,20,21). The Balaban J connectivity index is 1.90. The Labute approximate surface area is 123 Å². The second kappa shape index (κ2) is 5.55. The summed E-state index contributed by atoms with van der Waals surface area (Å²) in [6.45, 7) is 4.69. The number of nitrogen functional groups attached to an aromatic ring is 1. The fraction of sp³-hybridized carbons (Fsp3) is 0.714. The molecular weight excluding hydrogens is 270 g/mol. The Kier molecular flexibility index (Phi) is 3.75. The van der Waals surface area contributed by atoms with Gasteiger partial charge in [0, 0.05) is 25.2 Å². The van der Waals surface area contributed by atoms with Crippen molar-refractivity contribution in [3.63, 3.8) is 0 Å². The maximum Gasteiger partial charge on any atom is 0.330 e. The molecular formula is C14H23N5O2. The summed E-state index contributed by atoms with van der Waals surface area (Å²) in [4.78, 5) is 28.7. The van der Waals surface area contributed by atoms with E-state index < -0.39 is 11.2 Å². The highest BCUT2D eigenvalue weighted by Gasteiger charge is 2.37. The molecule has 0 amide bonds. The molecule has 3 heterocycles. The minimum Gasteiger partial charge on any atom is -0.383 e. The van der Waals surface area contributed by atoms with Crippen LogP contribution in [-0.2, 0) is 6.54 Å². The van der Waals surface area contributed by atoms with E-state index in [0.29, 0.717) is 18.3 Å². The van der Waals surface area contributed by atoms with Crippen molar-refractivity contribution in [2.24, 2.45) is 0 Å². The van der Waals surface area contributed by atoms with E-state index in [9.17, 15) is 9.59 Å². The number of anilines is 2. The van der Waals surface area contributed by atoms with Gasteiger partial charge in [-0.15, -0.1) is 0 Å². The van der Waals surface area contributed by atoms with E-state index in [1.165, 1.54) is 11.0 Å². The van der Waals surface area contributed by atoms with Gasteiger partial charge in [0.1, 0.15) is 11.5 Å². The van der Waals surface area contributed by atoms with Crippen molar-refractivity contribution in [3.05, 3.63) is 20.8 Å². The van der Waals surface area contributed by atoms with Gasteiger partial charge < -0.3 is 11.1 Å². The molecule has 1 aromatic heterocycles. The molecule has 2 saturated heterocycles. The quantitative estimate of drug-likeness (QED) is 0.736. The Bertz CT molecular complexity index is 635. The molecule has 0 radical (unpaired) electrons. The van der Waals surface area contributed by atoms with Gasteiger partial charge in [-0.2, -0.15) is 0 Å². The minimum atomic E-state index is -0.432. The molecule has 2 atom stereocenters. The third-order valence-corrected chi connectivity index (χ3v) is 4.62. The number of nitrogens with two attached hydrogens (primary N) is 1. The van der Waals surface area contributed by atoms with Crippen molar-refractivity contribution < 1.29 is 0 Å². The van der Waals surface area contributed by atoms with E-state index in [1.54, 1.807) is 0 Å². The first-order chi connectivity index (χ1) is 10.1. The number of fused-ring (bicyclic) bond motifs is 1. The van der Waals surface area contributed by atoms with Gasteiger partial charge in [-0.05, 0) is 32.2 Å². The van der Waals surface area contributed by atoms with Crippen LogP contribution in [-0.4, -0.2) is 39.6 Å². The first-order valence-electron chi connectivity index (χ1n) is 7.75. The number of aromatic nitrogens is 2. The highest BCUT2D eigenvalue weighted by molar-refractivity contribution is 5.61. The molecule has 7 heteroatoms. The maximum absolute atomic E-state index is 12.1. The zero-order valence-corrected chi connectivity index (χ0v) is 12.4. The largest absolute Gasteiger partial charge is 0.383 e. The summed E-state index contributed by atoms with van der Waals surface area (Å²) in [6, 6.07) is 0.721. The monoisotopic (exact) mass is 293 g/mol. The van der Waals surface area contributed by atoms with Crippen LogP contribution in [0.4, 0.5) is 11.5 Å². The first kappa shape index (κ1) is 14.2. The SMILES string of the molecule is CCCn1c(N)c(NC2CCN3CCCC23)c(=O)[nH]c1=O. The first-order valence-corrected chi connectivity index (χ1v) is 7.75. The molecule has 0 aliphatic carbocycles. The van der Waals surface area contributed by atoms with Crippen LogP contribution in [0.15, 0.2) is 9.59 Å². The van der Waals surface area contributed by atoms with E-state index >= 15 is 0 Å². The van der Waals surface area contributed by atoms with Crippen molar-refractivity contribution >= 4 is 11.5 Å². The lowest BCUT2D eigenvalue weighted by Crippen LogP contribution is -2.39. The highest BCUT2D eigenvalue weighted by Crippen LogP contribution is 2.30. The van der Waals surface area contributed by atoms with Crippen molar-refractivity contribution in [1.82, 2.24) is 14.5 Å². The predicted octanol–water partition coefficient (Wildman–Crippen LogP) is 0.177. The van der Waals surface area contributed by atoms with Crippen LogP contribution in [0.2, 0.25) is 0 Å². The molecule has 0 aromatic carbocycles. The van der Waals surface area contributed by atoms with Gasteiger partial charge in [0.2, 0.25) is 0 Å². The predicted molar refractivity (Wildman–Crippen MR) is 82.6 cm³/mol. The highest BCUT2D eigenvalue weighted by atomic mass is 16.2. The molecule has 1 aromatic rings. The normalized spacial score (nSPS) is 25.2. The maximum atomic E-state index is 12.1. The Morgan fingerprint density at radius 1 is 1.33 bits per heavy atom. The van der Waals surface area contributed by atoms with Gasteiger partial charge >= 0.3 is 5.69 Å². The fourth-order valence-electron chi connectivity index (χ4n) is 3.61. The van der Waals surface area contributed by atoms with E-state index in [0.717, 1.165) is 32.4 Å². The average molecular weight is 293 g/mol. The third-order valence-electron chi connectivity index (χ3n) is 4.62. The van der Waals surface area contributed by atoms with Crippen LogP contribution in [0, 0.1) is 0 Å². The van der Waals surface area contributed by atoms with Crippen LogP contribution in [0.1, 0.15) is 32.6 Å². The van der Waals surface area contributed by atoms with E-state index in [4.69, 9.17) is 5.73 Å². The molecule has 21 heavy (non-hydrogen) atoms. The van der Waals surface area contributed by atoms with E-state index in [2.05, 4.69) is 15.2 Å². The Morgan fingerprint density at radius 2 is 2.14 bits per heavy atom. The number of H-pyrrole nitrogens is 1. The number of nitrogens with zero attached hydrogens (tertiary/aromatic N) is 2.